The second-order valence-corrected chi connectivity index (χ2v) is 6.64. The quantitative estimate of drug-likeness (QED) is 0.801. The number of hydrogen-bond acceptors (Lipinski definition) is 3. The first-order valence-electron chi connectivity index (χ1n) is 6.63. The molecule has 1 unspecified atom stereocenters. The Hall–Kier alpha value is -0.650. The van der Waals surface area contributed by atoms with Crippen LogP contribution in [0.4, 0.5) is 0 Å². The highest BCUT2D eigenvalue weighted by Crippen LogP contribution is 2.20. The van der Waals surface area contributed by atoms with E-state index in [9.17, 15) is 8.42 Å². The van der Waals surface area contributed by atoms with Gasteiger partial charge in [0.2, 0.25) is 10.0 Å². The van der Waals surface area contributed by atoms with Gasteiger partial charge >= 0.3 is 0 Å². The molecule has 0 aromatic carbocycles. The number of nitrogens with zero attached hydrogens (tertiary/aromatic N) is 1. The second-order valence-electron chi connectivity index (χ2n) is 4.56. The first-order valence-corrected chi connectivity index (χ1v) is 8.49. The molecule has 0 aliphatic rings. The highest BCUT2D eigenvalue weighted by Gasteiger charge is 2.21. The molecule has 4 nitrogen and oxygen atoms in total. The Labute approximate surface area is 120 Å². The maximum atomic E-state index is 12.3. The van der Waals surface area contributed by atoms with Crippen LogP contribution in [0.3, 0.4) is 0 Å². The molecule has 108 valence electrons. The predicted octanol–water partition coefficient (Wildman–Crippen LogP) is 3.37. The van der Waals surface area contributed by atoms with E-state index in [1.165, 1.54) is 18.5 Å². The zero-order valence-electron chi connectivity index (χ0n) is 11.4. The third-order valence-corrected chi connectivity index (χ3v) is 4.88. The zero-order chi connectivity index (χ0) is 14.3. The molecule has 0 aliphatic heterocycles. The van der Waals surface area contributed by atoms with Gasteiger partial charge in [-0.15, -0.1) is 0 Å². The van der Waals surface area contributed by atoms with Crippen LogP contribution in [0, 0.1) is 0 Å². The number of sulfonamides is 1. The van der Waals surface area contributed by atoms with E-state index >= 15 is 0 Å². The molecule has 0 fully saturated rings. The fourth-order valence-corrected chi connectivity index (χ4v) is 3.64. The Bertz CT molecular complexity index is 491. The van der Waals surface area contributed by atoms with Crippen LogP contribution in [-0.2, 0) is 10.0 Å². The van der Waals surface area contributed by atoms with Crippen LogP contribution in [0.1, 0.15) is 46.0 Å². The Balaban J connectivity index is 2.85. The van der Waals surface area contributed by atoms with Gasteiger partial charge in [-0.25, -0.2) is 13.1 Å². The van der Waals surface area contributed by atoms with E-state index in [4.69, 9.17) is 11.6 Å². The number of halogens is 1. The SMILES string of the molecule is CCCCC(CCC)NS(=O)(=O)c1cnccc1Cl. The summed E-state index contributed by atoms with van der Waals surface area (Å²) in [7, 11) is -3.59. The molecule has 1 aromatic rings. The molecule has 6 heteroatoms. The highest BCUT2D eigenvalue weighted by molar-refractivity contribution is 7.89. The second kappa shape index (κ2) is 7.82. The molecule has 1 atom stereocenters. The van der Waals surface area contributed by atoms with Gasteiger partial charge in [-0.3, -0.25) is 4.98 Å². The van der Waals surface area contributed by atoms with Crippen molar-refractivity contribution in [2.45, 2.75) is 56.9 Å². The number of aromatic nitrogens is 1. The van der Waals surface area contributed by atoms with Crippen molar-refractivity contribution in [3.8, 4) is 0 Å². The number of pyridine rings is 1. The number of unbranched alkanes of at least 4 members (excludes halogenated alkanes) is 1. The van der Waals surface area contributed by atoms with Gasteiger partial charge < -0.3 is 0 Å². The lowest BCUT2D eigenvalue weighted by atomic mass is 10.1. The molecule has 0 aliphatic carbocycles. The zero-order valence-corrected chi connectivity index (χ0v) is 13.0. The molecule has 0 radical (unpaired) electrons. The van der Waals surface area contributed by atoms with E-state index in [2.05, 4.69) is 16.6 Å². The monoisotopic (exact) mass is 304 g/mol. The van der Waals surface area contributed by atoms with Crippen molar-refractivity contribution in [2.24, 2.45) is 0 Å². The maximum absolute atomic E-state index is 12.3. The van der Waals surface area contributed by atoms with Crippen LogP contribution in [0.5, 0.6) is 0 Å². The molecule has 1 N–H and O–H groups in total. The van der Waals surface area contributed by atoms with Crippen molar-refractivity contribution in [3.05, 3.63) is 23.5 Å². The molecule has 0 bridgehead atoms. The molecule has 19 heavy (non-hydrogen) atoms. The van der Waals surface area contributed by atoms with E-state index in [-0.39, 0.29) is 16.0 Å². The molecule has 1 aromatic heterocycles. The van der Waals surface area contributed by atoms with Gasteiger partial charge in [-0.2, -0.15) is 0 Å². The van der Waals surface area contributed by atoms with E-state index < -0.39 is 10.0 Å². The van der Waals surface area contributed by atoms with Crippen LogP contribution in [0.15, 0.2) is 23.4 Å². The van der Waals surface area contributed by atoms with E-state index in [1.54, 1.807) is 0 Å². The Morgan fingerprint density at radius 1 is 1.32 bits per heavy atom. The lowest BCUT2D eigenvalue weighted by molar-refractivity contribution is 0.483. The molecule has 0 saturated carbocycles. The number of hydrogen-bond donors (Lipinski definition) is 1. The molecular formula is C13H21ClN2O2S. The minimum Gasteiger partial charge on any atom is -0.263 e. The Kier molecular flexibility index (Phi) is 6.75. The minimum absolute atomic E-state index is 0.0359. The van der Waals surface area contributed by atoms with Crippen molar-refractivity contribution in [2.75, 3.05) is 0 Å². The summed E-state index contributed by atoms with van der Waals surface area (Å²) in [6.45, 7) is 4.14. The summed E-state index contributed by atoms with van der Waals surface area (Å²) < 4.78 is 27.3. The summed E-state index contributed by atoms with van der Waals surface area (Å²) >= 11 is 5.91. The molecule has 1 rings (SSSR count). The van der Waals surface area contributed by atoms with Gasteiger partial charge in [0.25, 0.3) is 0 Å². The largest absolute Gasteiger partial charge is 0.263 e. The number of rotatable bonds is 8. The molecule has 0 saturated heterocycles. The summed E-state index contributed by atoms with van der Waals surface area (Å²) in [4.78, 5) is 3.87. The van der Waals surface area contributed by atoms with Crippen LogP contribution in [0.2, 0.25) is 5.02 Å². The van der Waals surface area contributed by atoms with Crippen LogP contribution in [-0.4, -0.2) is 19.4 Å². The van der Waals surface area contributed by atoms with E-state index in [1.807, 2.05) is 6.92 Å². The van der Waals surface area contributed by atoms with Crippen molar-refractivity contribution >= 4 is 21.6 Å². The van der Waals surface area contributed by atoms with Crippen LogP contribution in [0.25, 0.3) is 0 Å². The first kappa shape index (κ1) is 16.4. The summed E-state index contributed by atoms with van der Waals surface area (Å²) in [5.74, 6) is 0. The average molecular weight is 305 g/mol. The van der Waals surface area contributed by atoms with Gasteiger partial charge in [0.05, 0.1) is 5.02 Å². The maximum Gasteiger partial charge on any atom is 0.243 e. The topological polar surface area (TPSA) is 59.1 Å². The number of nitrogens with one attached hydrogen (secondary N) is 1. The Morgan fingerprint density at radius 2 is 2.05 bits per heavy atom. The summed E-state index contributed by atoms with van der Waals surface area (Å²) in [6, 6.07) is 1.45. The van der Waals surface area contributed by atoms with Gasteiger partial charge in [0, 0.05) is 18.4 Å². The van der Waals surface area contributed by atoms with Crippen molar-refractivity contribution in [1.82, 2.24) is 9.71 Å². The Morgan fingerprint density at radius 3 is 2.63 bits per heavy atom. The smallest absolute Gasteiger partial charge is 0.243 e. The molecule has 0 spiro atoms. The molecule has 0 amide bonds. The standard InChI is InChI=1S/C13H21ClN2O2S/c1-3-5-7-11(6-4-2)16-19(17,18)13-10-15-9-8-12(13)14/h8-11,16H,3-7H2,1-2H3. The molecule has 1 heterocycles. The van der Waals surface area contributed by atoms with Gasteiger partial charge in [0.1, 0.15) is 4.90 Å². The third-order valence-electron chi connectivity index (χ3n) is 2.89. The molecular weight excluding hydrogens is 284 g/mol. The lowest BCUT2D eigenvalue weighted by Crippen LogP contribution is -2.35. The summed E-state index contributed by atoms with van der Waals surface area (Å²) in [6.07, 6.45) is 7.44. The van der Waals surface area contributed by atoms with Crippen molar-refractivity contribution < 1.29 is 8.42 Å². The van der Waals surface area contributed by atoms with E-state index in [0.717, 1.165) is 32.1 Å². The minimum atomic E-state index is -3.59. The van der Waals surface area contributed by atoms with Gasteiger partial charge in [-0.1, -0.05) is 44.7 Å². The highest BCUT2D eigenvalue weighted by atomic mass is 35.5. The lowest BCUT2D eigenvalue weighted by Gasteiger charge is -2.18. The van der Waals surface area contributed by atoms with Crippen LogP contribution < -0.4 is 4.72 Å². The van der Waals surface area contributed by atoms with Gasteiger partial charge in [-0.05, 0) is 18.9 Å². The third kappa shape index (κ3) is 5.09. The van der Waals surface area contributed by atoms with E-state index in [0.29, 0.717) is 0 Å². The first-order chi connectivity index (χ1) is 9.01. The summed E-state index contributed by atoms with van der Waals surface area (Å²) in [5.41, 5.74) is 0. The normalized spacial score (nSPS) is 13.4. The fourth-order valence-electron chi connectivity index (χ4n) is 1.90. The van der Waals surface area contributed by atoms with Gasteiger partial charge in [0.15, 0.2) is 0 Å². The predicted molar refractivity (Wildman–Crippen MR) is 77.8 cm³/mol. The fraction of sp³-hybridized carbons (Fsp3) is 0.615. The van der Waals surface area contributed by atoms with Crippen LogP contribution >= 0.6 is 11.6 Å². The van der Waals surface area contributed by atoms with Crippen molar-refractivity contribution in [3.63, 3.8) is 0 Å². The van der Waals surface area contributed by atoms with Crippen molar-refractivity contribution in [1.29, 1.82) is 0 Å². The average Bonchev–Trinajstić information content (AvgIpc) is 2.36. The summed E-state index contributed by atoms with van der Waals surface area (Å²) in [5, 5.41) is 0.202.